The maximum absolute atomic E-state index is 3.70. The molecule has 1 aliphatic carbocycles. The van der Waals surface area contributed by atoms with E-state index in [0.717, 1.165) is 18.9 Å². The summed E-state index contributed by atoms with van der Waals surface area (Å²) < 4.78 is 0. The lowest BCUT2D eigenvalue weighted by Gasteiger charge is -2.36. The molecule has 0 unspecified atom stereocenters. The highest BCUT2D eigenvalue weighted by molar-refractivity contribution is 5.28. The van der Waals surface area contributed by atoms with Crippen LogP contribution in [-0.2, 0) is 6.42 Å². The van der Waals surface area contributed by atoms with E-state index in [0.29, 0.717) is 6.04 Å². The molecule has 0 amide bonds. The Hall–Kier alpha value is -1.60. The van der Waals surface area contributed by atoms with Crippen LogP contribution in [-0.4, -0.2) is 12.6 Å². The Bertz CT molecular complexity index is 596. The molecule has 0 radical (unpaired) electrons. The van der Waals surface area contributed by atoms with E-state index in [4.69, 9.17) is 0 Å². The standard InChI is InChI=1S/C20H25N/c1-15-5-3-7-17(11-15)9-10-21-20-13-19(14-20)18-8-4-6-16(2)12-18/h3-8,11-12,19-21H,9-10,13-14H2,1-2H3. The third-order valence-corrected chi connectivity index (χ3v) is 4.58. The van der Waals surface area contributed by atoms with Gasteiger partial charge in [0.1, 0.15) is 0 Å². The van der Waals surface area contributed by atoms with Crippen LogP contribution in [0.25, 0.3) is 0 Å². The Morgan fingerprint density at radius 2 is 1.67 bits per heavy atom. The predicted molar refractivity (Wildman–Crippen MR) is 89.8 cm³/mol. The molecule has 0 heterocycles. The van der Waals surface area contributed by atoms with Gasteiger partial charge in [-0.1, -0.05) is 59.7 Å². The van der Waals surface area contributed by atoms with Gasteiger partial charge in [-0.3, -0.25) is 0 Å². The molecule has 1 fully saturated rings. The molecular formula is C20H25N. The van der Waals surface area contributed by atoms with Crippen LogP contribution in [0.2, 0.25) is 0 Å². The average Bonchev–Trinajstić information content (AvgIpc) is 2.41. The van der Waals surface area contributed by atoms with Gasteiger partial charge >= 0.3 is 0 Å². The first-order valence-electron chi connectivity index (χ1n) is 8.06. The summed E-state index contributed by atoms with van der Waals surface area (Å²) in [4.78, 5) is 0. The van der Waals surface area contributed by atoms with Gasteiger partial charge in [0.2, 0.25) is 0 Å². The minimum atomic E-state index is 0.709. The van der Waals surface area contributed by atoms with E-state index in [1.807, 2.05) is 0 Å². The highest BCUT2D eigenvalue weighted by Gasteiger charge is 2.29. The van der Waals surface area contributed by atoms with Crippen molar-refractivity contribution in [1.82, 2.24) is 5.32 Å². The molecule has 0 bridgehead atoms. The van der Waals surface area contributed by atoms with Gasteiger partial charge in [-0.2, -0.15) is 0 Å². The van der Waals surface area contributed by atoms with Crippen LogP contribution < -0.4 is 5.32 Å². The van der Waals surface area contributed by atoms with Crippen molar-refractivity contribution in [3.8, 4) is 0 Å². The molecule has 3 rings (SSSR count). The molecule has 1 heteroatoms. The first-order chi connectivity index (χ1) is 10.2. The normalized spacial score (nSPS) is 21.0. The van der Waals surface area contributed by atoms with Crippen LogP contribution >= 0.6 is 0 Å². The fraction of sp³-hybridized carbons (Fsp3) is 0.400. The molecule has 1 saturated carbocycles. The monoisotopic (exact) mass is 279 g/mol. The summed E-state index contributed by atoms with van der Waals surface area (Å²) in [6.07, 6.45) is 3.71. The Morgan fingerprint density at radius 3 is 2.38 bits per heavy atom. The van der Waals surface area contributed by atoms with Crippen molar-refractivity contribution in [2.24, 2.45) is 0 Å². The number of nitrogens with one attached hydrogen (secondary N) is 1. The smallest absolute Gasteiger partial charge is 0.00788 e. The summed E-state index contributed by atoms with van der Waals surface area (Å²) in [5, 5.41) is 3.70. The number of aryl methyl sites for hydroxylation is 2. The molecule has 0 spiro atoms. The number of hydrogen-bond acceptors (Lipinski definition) is 1. The first kappa shape index (κ1) is 14.3. The zero-order chi connectivity index (χ0) is 14.7. The summed E-state index contributed by atoms with van der Waals surface area (Å²) >= 11 is 0. The first-order valence-corrected chi connectivity index (χ1v) is 8.06. The van der Waals surface area contributed by atoms with E-state index in [2.05, 4.69) is 67.7 Å². The molecule has 0 aromatic heterocycles. The fourth-order valence-corrected chi connectivity index (χ4v) is 3.27. The average molecular weight is 279 g/mol. The summed E-state index contributed by atoms with van der Waals surface area (Å²) in [6.45, 7) is 5.43. The highest BCUT2D eigenvalue weighted by Crippen LogP contribution is 2.36. The molecule has 1 aliphatic rings. The van der Waals surface area contributed by atoms with Gasteiger partial charge in [-0.15, -0.1) is 0 Å². The number of hydrogen-bond donors (Lipinski definition) is 1. The fourth-order valence-electron chi connectivity index (χ4n) is 3.27. The third kappa shape index (κ3) is 3.74. The van der Waals surface area contributed by atoms with E-state index >= 15 is 0 Å². The van der Waals surface area contributed by atoms with Gasteiger partial charge in [0.05, 0.1) is 0 Å². The summed E-state index contributed by atoms with van der Waals surface area (Å²) in [5.41, 5.74) is 5.70. The molecule has 110 valence electrons. The van der Waals surface area contributed by atoms with Crippen molar-refractivity contribution in [1.29, 1.82) is 0 Å². The van der Waals surface area contributed by atoms with Crippen LogP contribution in [0.1, 0.15) is 41.0 Å². The lowest BCUT2D eigenvalue weighted by molar-refractivity contribution is 0.292. The van der Waals surface area contributed by atoms with Crippen molar-refractivity contribution in [3.63, 3.8) is 0 Å². The SMILES string of the molecule is Cc1cccc(CCNC2CC(c3cccc(C)c3)C2)c1. The van der Waals surface area contributed by atoms with E-state index in [9.17, 15) is 0 Å². The Labute approximate surface area is 128 Å². The van der Waals surface area contributed by atoms with Crippen LogP contribution in [0.15, 0.2) is 48.5 Å². The second-order valence-electron chi connectivity index (χ2n) is 6.47. The Kier molecular flexibility index (Phi) is 4.40. The topological polar surface area (TPSA) is 12.0 Å². The molecule has 2 aromatic carbocycles. The van der Waals surface area contributed by atoms with Crippen LogP contribution in [0.4, 0.5) is 0 Å². The van der Waals surface area contributed by atoms with E-state index in [1.165, 1.54) is 35.1 Å². The highest BCUT2D eigenvalue weighted by atomic mass is 14.9. The van der Waals surface area contributed by atoms with Gasteiger partial charge in [0.25, 0.3) is 0 Å². The maximum Gasteiger partial charge on any atom is 0.00788 e. The van der Waals surface area contributed by atoms with Crippen LogP contribution in [0.3, 0.4) is 0 Å². The molecule has 0 saturated heterocycles. The number of benzene rings is 2. The minimum absolute atomic E-state index is 0.709. The summed E-state index contributed by atoms with van der Waals surface area (Å²) in [7, 11) is 0. The molecular weight excluding hydrogens is 254 g/mol. The predicted octanol–water partition coefficient (Wildman–Crippen LogP) is 4.38. The van der Waals surface area contributed by atoms with E-state index in [-0.39, 0.29) is 0 Å². The molecule has 1 N–H and O–H groups in total. The summed E-state index contributed by atoms with van der Waals surface area (Å²) in [5.74, 6) is 0.765. The van der Waals surface area contributed by atoms with Gasteiger partial charge in [-0.25, -0.2) is 0 Å². The van der Waals surface area contributed by atoms with E-state index in [1.54, 1.807) is 0 Å². The third-order valence-electron chi connectivity index (χ3n) is 4.58. The lowest BCUT2D eigenvalue weighted by Crippen LogP contribution is -2.40. The maximum atomic E-state index is 3.70. The Morgan fingerprint density at radius 1 is 0.952 bits per heavy atom. The molecule has 2 aromatic rings. The minimum Gasteiger partial charge on any atom is -0.314 e. The Balaban J connectivity index is 1.41. The van der Waals surface area contributed by atoms with Gasteiger partial charge < -0.3 is 5.32 Å². The van der Waals surface area contributed by atoms with Crippen LogP contribution in [0.5, 0.6) is 0 Å². The molecule has 21 heavy (non-hydrogen) atoms. The lowest BCUT2D eigenvalue weighted by atomic mass is 9.75. The largest absolute Gasteiger partial charge is 0.314 e. The quantitative estimate of drug-likeness (QED) is 0.856. The molecule has 1 nitrogen and oxygen atoms in total. The van der Waals surface area contributed by atoms with Crippen molar-refractivity contribution >= 4 is 0 Å². The molecule has 0 atom stereocenters. The zero-order valence-electron chi connectivity index (χ0n) is 13.1. The van der Waals surface area contributed by atoms with Crippen molar-refractivity contribution in [3.05, 3.63) is 70.8 Å². The van der Waals surface area contributed by atoms with Gasteiger partial charge in [0, 0.05) is 6.04 Å². The zero-order valence-corrected chi connectivity index (χ0v) is 13.1. The van der Waals surface area contributed by atoms with E-state index < -0.39 is 0 Å². The molecule has 0 aliphatic heterocycles. The van der Waals surface area contributed by atoms with Gasteiger partial charge in [-0.05, 0) is 56.7 Å². The van der Waals surface area contributed by atoms with Crippen molar-refractivity contribution < 1.29 is 0 Å². The second kappa shape index (κ2) is 6.44. The van der Waals surface area contributed by atoms with Crippen molar-refractivity contribution in [2.45, 2.75) is 45.1 Å². The van der Waals surface area contributed by atoms with Crippen molar-refractivity contribution in [2.75, 3.05) is 6.54 Å². The number of rotatable bonds is 5. The van der Waals surface area contributed by atoms with Crippen LogP contribution in [0, 0.1) is 13.8 Å². The van der Waals surface area contributed by atoms with Gasteiger partial charge in [0.15, 0.2) is 0 Å². The summed E-state index contributed by atoms with van der Waals surface area (Å²) in [6, 6.07) is 18.5. The second-order valence-corrected chi connectivity index (χ2v) is 6.47.